The number of nitrogens with zero attached hydrogens (tertiary/aromatic N) is 1. The van der Waals surface area contributed by atoms with Crippen molar-refractivity contribution in [1.29, 1.82) is 0 Å². The molecule has 0 amide bonds. The Kier molecular flexibility index (Phi) is 3.88. The van der Waals surface area contributed by atoms with E-state index in [-0.39, 0.29) is 17.1 Å². The molecule has 104 valence electrons. The third-order valence-corrected chi connectivity index (χ3v) is 3.60. The first-order valence-electron chi connectivity index (χ1n) is 6.69. The lowest BCUT2D eigenvalue weighted by molar-refractivity contribution is -0.00758. The summed E-state index contributed by atoms with van der Waals surface area (Å²) in [4.78, 5) is 15.4. The van der Waals surface area contributed by atoms with E-state index in [1.807, 2.05) is 0 Å². The lowest BCUT2D eigenvalue weighted by Gasteiger charge is -2.38. The Bertz CT molecular complexity index is 473. The van der Waals surface area contributed by atoms with E-state index in [4.69, 9.17) is 4.74 Å². The van der Waals surface area contributed by atoms with Gasteiger partial charge >= 0.3 is 5.97 Å². The van der Waals surface area contributed by atoms with Crippen LogP contribution in [0.3, 0.4) is 0 Å². The molecule has 0 spiro atoms. The second-order valence-corrected chi connectivity index (χ2v) is 6.28. The van der Waals surface area contributed by atoms with Crippen molar-refractivity contribution in [2.24, 2.45) is 11.3 Å². The van der Waals surface area contributed by atoms with Gasteiger partial charge in [-0.15, -0.1) is 0 Å². The fourth-order valence-electron chi connectivity index (χ4n) is 3.10. The molecular formula is C15H20FNO2. The zero-order chi connectivity index (χ0) is 14.0. The molecule has 1 aliphatic carbocycles. The van der Waals surface area contributed by atoms with Gasteiger partial charge in [-0.2, -0.15) is 4.39 Å². The van der Waals surface area contributed by atoms with Crippen molar-refractivity contribution in [3.8, 4) is 0 Å². The van der Waals surface area contributed by atoms with Crippen LogP contribution >= 0.6 is 0 Å². The highest BCUT2D eigenvalue weighted by atomic mass is 19.1. The number of carbonyl (C=O) groups is 1. The Hall–Kier alpha value is -1.45. The third kappa shape index (κ3) is 3.52. The first kappa shape index (κ1) is 14.0. The van der Waals surface area contributed by atoms with Gasteiger partial charge in [-0.25, -0.2) is 9.78 Å². The van der Waals surface area contributed by atoms with E-state index in [9.17, 15) is 9.18 Å². The molecular weight excluding hydrogens is 245 g/mol. The number of esters is 1. The van der Waals surface area contributed by atoms with Crippen molar-refractivity contribution < 1.29 is 13.9 Å². The van der Waals surface area contributed by atoms with Crippen LogP contribution in [0.25, 0.3) is 0 Å². The highest BCUT2D eigenvalue weighted by molar-refractivity contribution is 5.89. The minimum absolute atomic E-state index is 0.0847. The van der Waals surface area contributed by atoms with Crippen molar-refractivity contribution >= 4 is 5.97 Å². The maximum atomic E-state index is 13.4. The van der Waals surface area contributed by atoms with Gasteiger partial charge in [0.25, 0.3) is 0 Å². The van der Waals surface area contributed by atoms with E-state index in [0.717, 1.165) is 19.3 Å². The smallest absolute Gasteiger partial charge is 0.343 e. The highest BCUT2D eigenvalue weighted by Crippen LogP contribution is 2.39. The summed E-state index contributed by atoms with van der Waals surface area (Å²) in [6.45, 7) is 6.51. The summed E-state index contributed by atoms with van der Waals surface area (Å²) in [5, 5.41) is 0. The number of hydrogen-bond acceptors (Lipinski definition) is 3. The van der Waals surface area contributed by atoms with Gasteiger partial charge < -0.3 is 4.74 Å². The van der Waals surface area contributed by atoms with E-state index in [2.05, 4.69) is 25.8 Å². The summed E-state index contributed by atoms with van der Waals surface area (Å²) in [6, 6.07) is 2.94. The van der Waals surface area contributed by atoms with E-state index >= 15 is 0 Å². The van der Waals surface area contributed by atoms with Gasteiger partial charge in [0.2, 0.25) is 5.95 Å². The maximum Gasteiger partial charge on any atom is 0.343 e. The lowest BCUT2D eigenvalue weighted by Crippen LogP contribution is -2.34. The van der Waals surface area contributed by atoms with Crippen LogP contribution in [-0.4, -0.2) is 17.1 Å². The molecule has 1 aromatic heterocycles. The molecule has 1 saturated carbocycles. The van der Waals surface area contributed by atoms with Crippen molar-refractivity contribution in [1.82, 2.24) is 4.98 Å². The van der Waals surface area contributed by atoms with Gasteiger partial charge in [-0.05, 0) is 42.7 Å². The molecule has 0 aromatic carbocycles. The molecule has 19 heavy (non-hydrogen) atoms. The molecule has 3 nitrogen and oxygen atoms in total. The van der Waals surface area contributed by atoms with Crippen molar-refractivity contribution in [2.75, 3.05) is 0 Å². The first-order chi connectivity index (χ1) is 8.87. The summed E-state index contributed by atoms with van der Waals surface area (Å²) < 4.78 is 18.9. The number of hydrogen-bond donors (Lipinski definition) is 0. The van der Waals surface area contributed by atoms with E-state index in [0.29, 0.717) is 5.92 Å². The Labute approximate surface area is 113 Å². The second kappa shape index (κ2) is 5.27. The Morgan fingerprint density at radius 2 is 2.21 bits per heavy atom. The average molecular weight is 265 g/mol. The third-order valence-electron chi connectivity index (χ3n) is 3.60. The standard InChI is InChI=1S/C15H20FNO2/c1-10-7-11(9-15(2,3)8-10)19-14(18)12-5-4-6-17-13(12)16/h4-6,10-11H,7-9H2,1-3H3. The second-order valence-electron chi connectivity index (χ2n) is 6.28. The summed E-state index contributed by atoms with van der Waals surface area (Å²) in [6.07, 6.45) is 3.98. The highest BCUT2D eigenvalue weighted by Gasteiger charge is 2.34. The summed E-state index contributed by atoms with van der Waals surface area (Å²) in [7, 11) is 0. The molecule has 0 bridgehead atoms. The number of halogens is 1. The number of aromatic nitrogens is 1. The van der Waals surface area contributed by atoms with Crippen molar-refractivity contribution in [3.05, 3.63) is 29.8 Å². The van der Waals surface area contributed by atoms with E-state index < -0.39 is 11.9 Å². The SMILES string of the molecule is CC1CC(OC(=O)c2cccnc2F)CC(C)(C)C1. The molecule has 2 rings (SSSR count). The largest absolute Gasteiger partial charge is 0.459 e. The van der Waals surface area contributed by atoms with Crippen molar-refractivity contribution in [3.63, 3.8) is 0 Å². The molecule has 2 atom stereocenters. The average Bonchev–Trinajstić information content (AvgIpc) is 2.26. The molecule has 0 radical (unpaired) electrons. The van der Waals surface area contributed by atoms with Gasteiger partial charge in [-0.3, -0.25) is 0 Å². The van der Waals surface area contributed by atoms with E-state index in [1.165, 1.54) is 18.3 Å². The zero-order valence-corrected chi connectivity index (χ0v) is 11.6. The molecule has 0 aliphatic heterocycles. The molecule has 1 heterocycles. The lowest BCUT2D eigenvalue weighted by atomic mass is 9.71. The molecule has 0 N–H and O–H groups in total. The normalized spacial score (nSPS) is 25.9. The molecule has 0 saturated heterocycles. The van der Waals surface area contributed by atoms with Gasteiger partial charge in [0.1, 0.15) is 11.7 Å². The number of rotatable bonds is 2. The fourth-order valence-corrected chi connectivity index (χ4v) is 3.10. The molecule has 2 unspecified atom stereocenters. The van der Waals surface area contributed by atoms with Crippen LogP contribution in [0.5, 0.6) is 0 Å². The summed E-state index contributed by atoms with van der Waals surface area (Å²) in [5.74, 6) is -0.864. The van der Waals surface area contributed by atoms with Gasteiger partial charge in [0, 0.05) is 6.20 Å². The van der Waals surface area contributed by atoms with Crippen LogP contribution in [0, 0.1) is 17.3 Å². The predicted octanol–water partition coefficient (Wildman–Crippen LogP) is 3.59. The van der Waals surface area contributed by atoms with Crippen LogP contribution in [-0.2, 0) is 4.74 Å². The predicted molar refractivity (Wildman–Crippen MR) is 70.2 cm³/mol. The number of ether oxygens (including phenoxy) is 1. The summed E-state index contributed by atoms with van der Waals surface area (Å²) >= 11 is 0. The van der Waals surface area contributed by atoms with Crippen LogP contribution in [0.4, 0.5) is 4.39 Å². The monoisotopic (exact) mass is 265 g/mol. The Balaban J connectivity index is 2.05. The topological polar surface area (TPSA) is 39.2 Å². The Morgan fingerprint density at radius 1 is 1.47 bits per heavy atom. The zero-order valence-electron chi connectivity index (χ0n) is 11.6. The van der Waals surface area contributed by atoms with Crippen LogP contribution in [0.1, 0.15) is 50.4 Å². The van der Waals surface area contributed by atoms with Crippen molar-refractivity contribution in [2.45, 2.75) is 46.1 Å². The van der Waals surface area contributed by atoms with Gasteiger partial charge in [-0.1, -0.05) is 20.8 Å². The van der Waals surface area contributed by atoms with Crippen LogP contribution < -0.4 is 0 Å². The molecule has 4 heteroatoms. The minimum atomic E-state index is -0.768. The number of carbonyl (C=O) groups excluding carboxylic acids is 1. The quantitative estimate of drug-likeness (QED) is 0.606. The van der Waals surface area contributed by atoms with Crippen LogP contribution in [0.2, 0.25) is 0 Å². The van der Waals surface area contributed by atoms with E-state index in [1.54, 1.807) is 0 Å². The molecule has 1 fully saturated rings. The fraction of sp³-hybridized carbons (Fsp3) is 0.600. The first-order valence-corrected chi connectivity index (χ1v) is 6.69. The van der Waals surface area contributed by atoms with Gasteiger partial charge in [0.15, 0.2) is 0 Å². The maximum absolute atomic E-state index is 13.4. The molecule has 1 aromatic rings. The van der Waals surface area contributed by atoms with Gasteiger partial charge in [0.05, 0.1) is 0 Å². The Morgan fingerprint density at radius 3 is 2.84 bits per heavy atom. The molecule has 1 aliphatic rings. The summed E-state index contributed by atoms with van der Waals surface area (Å²) in [5.41, 5.74) is 0.0781. The van der Waals surface area contributed by atoms with Crippen LogP contribution in [0.15, 0.2) is 18.3 Å². The minimum Gasteiger partial charge on any atom is -0.459 e. The number of pyridine rings is 1.